The standard InChI is InChI=1S/C10H17NO/c12-7-4-9-3-6-11-5-1-2-10(9)8-11/h7,9-10H,1-6,8H2. The molecule has 0 aromatic heterocycles. The first-order valence-corrected chi connectivity index (χ1v) is 5.06. The number of carbonyl (C=O) groups excluding carboxylic acids is 1. The molecule has 0 amide bonds. The van der Waals surface area contributed by atoms with Gasteiger partial charge in [0.15, 0.2) is 0 Å². The number of carbonyl (C=O) groups is 1. The van der Waals surface area contributed by atoms with E-state index in [1.165, 1.54) is 38.9 Å². The molecule has 3 unspecified atom stereocenters. The first-order valence-electron chi connectivity index (χ1n) is 5.06. The Labute approximate surface area is 73.9 Å². The van der Waals surface area contributed by atoms with Gasteiger partial charge in [0.1, 0.15) is 6.29 Å². The Morgan fingerprint density at radius 3 is 3.08 bits per heavy atom. The molecule has 0 spiro atoms. The molecule has 2 aliphatic heterocycles. The summed E-state index contributed by atoms with van der Waals surface area (Å²) in [6, 6.07) is 0. The summed E-state index contributed by atoms with van der Waals surface area (Å²) in [7, 11) is 0. The topological polar surface area (TPSA) is 20.3 Å². The van der Waals surface area contributed by atoms with Crippen LogP contribution in [0.5, 0.6) is 0 Å². The maximum Gasteiger partial charge on any atom is 0.120 e. The van der Waals surface area contributed by atoms with E-state index in [4.69, 9.17) is 0 Å². The molecule has 2 nitrogen and oxygen atoms in total. The SMILES string of the molecule is O=CCC1CCN2CCCC1C2. The van der Waals surface area contributed by atoms with Gasteiger partial charge >= 0.3 is 0 Å². The van der Waals surface area contributed by atoms with E-state index in [0.29, 0.717) is 5.92 Å². The van der Waals surface area contributed by atoms with Crippen LogP contribution in [0.4, 0.5) is 0 Å². The number of hydrogen-bond acceptors (Lipinski definition) is 2. The minimum atomic E-state index is 0.707. The summed E-state index contributed by atoms with van der Waals surface area (Å²) in [4.78, 5) is 13.0. The monoisotopic (exact) mass is 167 g/mol. The molecule has 0 N–H and O–H groups in total. The average molecular weight is 167 g/mol. The first kappa shape index (κ1) is 8.24. The van der Waals surface area contributed by atoms with Gasteiger partial charge in [-0.25, -0.2) is 0 Å². The van der Waals surface area contributed by atoms with E-state index < -0.39 is 0 Å². The molecule has 12 heavy (non-hydrogen) atoms. The van der Waals surface area contributed by atoms with Gasteiger partial charge in [0.2, 0.25) is 0 Å². The second-order valence-corrected chi connectivity index (χ2v) is 4.15. The number of hydrogen-bond donors (Lipinski definition) is 0. The highest BCUT2D eigenvalue weighted by Crippen LogP contribution is 2.32. The lowest BCUT2D eigenvalue weighted by Gasteiger charge is -2.42. The zero-order chi connectivity index (χ0) is 8.39. The lowest BCUT2D eigenvalue weighted by Crippen LogP contribution is -2.44. The lowest BCUT2D eigenvalue weighted by molar-refractivity contribution is -0.109. The van der Waals surface area contributed by atoms with Gasteiger partial charge in [-0.2, -0.15) is 0 Å². The predicted octanol–water partition coefficient (Wildman–Crippen LogP) is 1.31. The molecule has 2 heteroatoms. The predicted molar refractivity (Wildman–Crippen MR) is 48.0 cm³/mol. The summed E-state index contributed by atoms with van der Waals surface area (Å²) >= 11 is 0. The molecule has 2 aliphatic rings. The van der Waals surface area contributed by atoms with E-state index in [1.807, 2.05) is 0 Å². The third-order valence-electron chi connectivity index (χ3n) is 3.42. The minimum absolute atomic E-state index is 0.707. The average Bonchev–Trinajstić information content (AvgIpc) is 2.11. The number of nitrogens with zero attached hydrogens (tertiary/aromatic N) is 1. The van der Waals surface area contributed by atoms with Crippen molar-refractivity contribution in [1.82, 2.24) is 4.90 Å². The highest BCUT2D eigenvalue weighted by Gasteiger charge is 2.31. The van der Waals surface area contributed by atoms with Crippen LogP contribution in [-0.2, 0) is 4.79 Å². The molecule has 68 valence electrons. The third kappa shape index (κ3) is 1.53. The molecule has 0 aliphatic carbocycles. The van der Waals surface area contributed by atoms with Crippen molar-refractivity contribution in [3.8, 4) is 0 Å². The summed E-state index contributed by atoms with van der Waals surface area (Å²) in [5.41, 5.74) is 0. The van der Waals surface area contributed by atoms with Gasteiger partial charge in [-0.15, -0.1) is 0 Å². The zero-order valence-corrected chi connectivity index (χ0v) is 7.54. The van der Waals surface area contributed by atoms with Gasteiger partial charge in [-0.05, 0) is 44.2 Å². The number of fused-ring (bicyclic) bond motifs is 2. The summed E-state index contributed by atoms with van der Waals surface area (Å²) in [6.07, 6.45) is 5.87. The van der Waals surface area contributed by atoms with Crippen LogP contribution in [0.15, 0.2) is 0 Å². The van der Waals surface area contributed by atoms with Gasteiger partial charge in [0.25, 0.3) is 0 Å². The van der Waals surface area contributed by atoms with Crippen LogP contribution in [0.25, 0.3) is 0 Å². The molecular formula is C10H17NO. The van der Waals surface area contributed by atoms with Crippen molar-refractivity contribution >= 4 is 6.29 Å². The maximum absolute atomic E-state index is 10.4. The van der Waals surface area contributed by atoms with Crippen molar-refractivity contribution in [2.24, 2.45) is 11.8 Å². The Bertz CT molecular complexity index is 169. The van der Waals surface area contributed by atoms with E-state index >= 15 is 0 Å². The van der Waals surface area contributed by atoms with Crippen molar-refractivity contribution in [2.45, 2.75) is 25.7 Å². The molecule has 2 rings (SSSR count). The Hall–Kier alpha value is -0.370. The molecule has 2 saturated heterocycles. The second-order valence-electron chi connectivity index (χ2n) is 4.15. The smallest absolute Gasteiger partial charge is 0.120 e. The van der Waals surface area contributed by atoms with Crippen molar-refractivity contribution in [3.63, 3.8) is 0 Å². The third-order valence-corrected chi connectivity index (χ3v) is 3.42. The van der Waals surface area contributed by atoms with Gasteiger partial charge in [0, 0.05) is 13.0 Å². The fraction of sp³-hybridized carbons (Fsp3) is 0.900. The fourth-order valence-electron chi connectivity index (χ4n) is 2.70. The largest absolute Gasteiger partial charge is 0.303 e. The van der Waals surface area contributed by atoms with Gasteiger partial charge in [0.05, 0.1) is 0 Å². The highest BCUT2D eigenvalue weighted by molar-refractivity contribution is 5.49. The normalized spacial score (nSPS) is 40.8. The minimum Gasteiger partial charge on any atom is -0.303 e. The molecular weight excluding hydrogens is 150 g/mol. The fourth-order valence-corrected chi connectivity index (χ4v) is 2.70. The first-order chi connectivity index (χ1) is 5.90. The van der Waals surface area contributed by atoms with Crippen molar-refractivity contribution < 1.29 is 4.79 Å². The number of aldehydes is 1. The quantitative estimate of drug-likeness (QED) is 0.578. The van der Waals surface area contributed by atoms with Crippen LogP contribution in [0.1, 0.15) is 25.7 Å². The van der Waals surface area contributed by atoms with Crippen LogP contribution < -0.4 is 0 Å². The van der Waals surface area contributed by atoms with E-state index in [1.54, 1.807) is 0 Å². The van der Waals surface area contributed by atoms with Crippen LogP contribution in [-0.4, -0.2) is 30.8 Å². The summed E-state index contributed by atoms with van der Waals surface area (Å²) < 4.78 is 0. The summed E-state index contributed by atoms with van der Waals surface area (Å²) in [5.74, 6) is 1.54. The zero-order valence-electron chi connectivity index (χ0n) is 7.54. The van der Waals surface area contributed by atoms with Crippen molar-refractivity contribution in [1.29, 1.82) is 0 Å². The number of rotatable bonds is 2. The molecule has 3 atom stereocenters. The molecule has 2 bridgehead atoms. The van der Waals surface area contributed by atoms with Crippen LogP contribution in [0.2, 0.25) is 0 Å². The Morgan fingerprint density at radius 1 is 1.33 bits per heavy atom. The van der Waals surface area contributed by atoms with E-state index in [-0.39, 0.29) is 0 Å². The highest BCUT2D eigenvalue weighted by atomic mass is 16.1. The molecule has 2 heterocycles. The van der Waals surface area contributed by atoms with Crippen LogP contribution in [0, 0.1) is 11.8 Å². The van der Waals surface area contributed by atoms with Crippen molar-refractivity contribution in [3.05, 3.63) is 0 Å². The Kier molecular flexibility index (Phi) is 2.45. The molecule has 0 saturated carbocycles. The lowest BCUT2D eigenvalue weighted by atomic mass is 9.78. The summed E-state index contributed by atoms with van der Waals surface area (Å²) in [5, 5.41) is 0. The second kappa shape index (κ2) is 3.56. The molecule has 0 aromatic rings. The Morgan fingerprint density at radius 2 is 2.25 bits per heavy atom. The van der Waals surface area contributed by atoms with E-state index in [2.05, 4.69) is 4.90 Å². The molecule has 2 fully saturated rings. The Balaban J connectivity index is 1.94. The van der Waals surface area contributed by atoms with Crippen molar-refractivity contribution in [2.75, 3.05) is 19.6 Å². The van der Waals surface area contributed by atoms with Crippen LogP contribution >= 0.6 is 0 Å². The summed E-state index contributed by atoms with van der Waals surface area (Å²) in [6.45, 7) is 3.79. The van der Waals surface area contributed by atoms with Gasteiger partial charge in [-0.1, -0.05) is 0 Å². The molecule has 0 aromatic carbocycles. The maximum atomic E-state index is 10.4. The number of piperidine rings is 2. The van der Waals surface area contributed by atoms with E-state index in [0.717, 1.165) is 18.6 Å². The molecule has 0 radical (unpaired) electrons. The van der Waals surface area contributed by atoms with E-state index in [9.17, 15) is 4.79 Å². The van der Waals surface area contributed by atoms with Gasteiger partial charge in [-0.3, -0.25) is 0 Å². The van der Waals surface area contributed by atoms with Gasteiger partial charge < -0.3 is 9.69 Å². The van der Waals surface area contributed by atoms with Crippen LogP contribution in [0.3, 0.4) is 0 Å².